The first-order valence-corrected chi connectivity index (χ1v) is 7.69. The molecule has 0 aliphatic heterocycles. The number of nitro groups is 1. The van der Waals surface area contributed by atoms with Gasteiger partial charge in [-0.05, 0) is 31.2 Å². The highest BCUT2D eigenvalue weighted by molar-refractivity contribution is 7.99. The number of fused-ring (bicyclic) bond motifs is 1. The smallest absolute Gasteiger partial charge is 0.284 e. The van der Waals surface area contributed by atoms with E-state index in [4.69, 9.17) is 0 Å². The summed E-state index contributed by atoms with van der Waals surface area (Å²) >= 11 is 2.68. The molecule has 0 saturated carbocycles. The van der Waals surface area contributed by atoms with E-state index in [1.54, 1.807) is 36.4 Å². The number of benzene rings is 2. The van der Waals surface area contributed by atoms with Gasteiger partial charge in [-0.2, -0.15) is 0 Å². The van der Waals surface area contributed by atoms with E-state index in [1.165, 1.54) is 23.1 Å². The van der Waals surface area contributed by atoms with Gasteiger partial charge in [-0.25, -0.2) is 4.98 Å². The average Bonchev–Trinajstić information content (AvgIpc) is 2.76. The number of nitrogens with zero attached hydrogens (tertiary/aromatic N) is 2. The van der Waals surface area contributed by atoms with Crippen molar-refractivity contribution in [3.05, 3.63) is 51.5 Å². The highest BCUT2D eigenvalue weighted by Crippen LogP contribution is 2.39. The van der Waals surface area contributed by atoms with E-state index < -0.39 is 0 Å². The third-order valence-electron chi connectivity index (χ3n) is 2.82. The fourth-order valence-electron chi connectivity index (χ4n) is 1.96. The monoisotopic (exact) mass is 318 g/mol. The van der Waals surface area contributed by atoms with Crippen LogP contribution in [0.15, 0.2) is 46.2 Å². The lowest BCUT2D eigenvalue weighted by molar-refractivity contribution is -0.387. The standard InChI is InChI=1S/C14H10N2O3S2/c1-8-15-11-6-14(12(16(18)19)7-13(11)20-8)21-10-4-2-3-9(17)5-10/h2-7,17H,1H3. The molecule has 1 N–H and O–H groups in total. The summed E-state index contributed by atoms with van der Waals surface area (Å²) in [7, 11) is 0. The van der Waals surface area contributed by atoms with Crippen molar-refractivity contribution >= 4 is 39.0 Å². The molecule has 0 aliphatic carbocycles. The molecule has 0 fully saturated rings. The zero-order valence-corrected chi connectivity index (χ0v) is 12.6. The number of rotatable bonds is 3. The number of thiazole rings is 1. The molecule has 3 aromatic rings. The Bertz CT molecular complexity index is 845. The molecule has 0 aliphatic rings. The Kier molecular flexibility index (Phi) is 3.52. The summed E-state index contributed by atoms with van der Waals surface area (Å²) in [5.74, 6) is 0.133. The lowest BCUT2D eigenvalue weighted by Crippen LogP contribution is -1.90. The van der Waals surface area contributed by atoms with Crippen molar-refractivity contribution in [2.75, 3.05) is 0 Å². The summed E-state index contributed by atoms with van der Waals surface area (Å²) in [5.41, 5.74) is 0.810. The largest absolute Gasteiger partial charge is 0.508 e. The Morgan fingerprint density at radius 3 is 2.86 bits per heavy atom. The van der Waals surface area contributed by atoms with Crippen LogP contribution in [-0.4, -0.2) is 15.0 Å². The minimum Gasteiger partial charge on any atom is -0.508 e. The Balaban J connectivity index is 2.11. The Hall–Kier alpha value is -2.12. The molecule has 0 bridgehead atoms. The topological polar surface area (TPSA) is 76.3 Å². The maximum absolute atomic E-state index is 11.3. The van der Waals surface area contributed by atoms with Gasteiger partial charge < -0.3 is 5.11 Å². The average molecular weight is 318 g/mol. The van der Waals surface area contributed by atoms with Crippen LogP contribution in [0.4, 0.5) is 5.69 Å². The lowest BCUT2D eigenvalue weighted by Gasteiger charge is -2.03. The molecule has 106 valence electrons. The molecule has 7 heteroatoms. The summed E-state index contributed by atoms with van der Waals surface area (Å²) in [5, 5.41) is 21.6. The van der Waals surface area contributed by atoms with E-state index in [9.17, 15) is 15.2 Å². The number of phenolic OH excluding ortho intramolecular Hbond substituents is 1. The first kappa shape index (κ1) is 13.8. The van der Waals surface area contributed by atoms with Crippen LogP contribution < -0.4 is 0 Å². The molecule has 0 radical (unpaired) electrons. The zero-order valence-electron chi connectivity index (χ0n) is 10.9. The molecular weight excluding hydrogens is 308 g/mol. The quantitative estimate of drug-likeness (QED) is 0.573. The van der Waals surface area contributed by atoms with Gasteiger partial charge in [0.15, 0.2) is 0 Å². The van der Waals surface area contributed by atoms with Crippen molar-refractivity contribution in [1.29, 1.82) is 0 Å². The van der Waals surface area contributed by atoms with Crippen LogP contribution in [0.3, 0.4) is 0 Å². The molecule has 0 spiro atoms. The summed E-state index contributed by atoms with van der Waals surface area (Å²) in [4.78, 5) is 16.5. The lowest BCUT2D eigenvalue weighted by atomic mass is 10.3. The Labute approximate surface area is 128 Å². The Morgan fingerprint density at radius 2 is 2.14 bits per heavy atom. The van der Waals surface area contributed by atoms with E-state index in [2.05, 4.69) is 4.98 Å². The SMILES string of the molecule is Cc1nc2cc(Sc3cccc(O)c3)c([N+](=O)[O-])cc2s1. The number of phenols is 1. The molecule has 21 heavy (non-hydrogen) atoms. The van der Waals surface area contributed by atoms with Gasteiger partial charge in [-0.3, -0.25) is 10.1 Å². The van der Waals surface area contributed by atoms with Crippen LogP contribution in [-0.2, 0) is 0 Å². The van der Waals surface area contributed by atoms with E-state index in [1.807, 2.05) is 6.92 Å². The number of aromatic nitrogens is 1. The van der Waals surface area contributed by atoms with Crippen LogP contribution >= 0.6 is 23.1 Å². The third-order valence-corrected chi connectivity index (χ3v) is 4.79. The fraction of sp³-hybridized carbons (Fsp3) is 0.0714. The number of aromatic hydroxyl groups is 1. The predicted molar refractivity (Wildman–Crippen MR) is 83.2 cm³/mol. The van der Waals surface area contributed by atoms with Gasteiger partial charge in [0.2, 0.25) is 0 Å². The summed E-state index contributed by atoms with van der Waals surface area (Å²) in [6, 6.07) is 9.92. The van der Waals surface area contributed by atoms with Crippen molar-refractivity contribution in [1.82, 2.24) is 4.98 Å². The summed E-state index contributed by atoms with van der Waals surface area (Å²) in [6.45, 7) is 1.87. The molecule has 1 aromatic heterocycles. The number of nitro benzene ring substituents is 1. The van der Waals surface area contributed by atoms with Crippen molar-refractivity contribution < 1.29 is 10.0 Å². The van der Waals surface area contributed by atoms with E-state index >= 15 is 0 Å². The van der Waals surface area contributed by atoms with Gasteiger partial charge in [0.1, 0.15) is 5.75 Å². The summed E-state index contributed by atoms with van der Waals surface area (Å²) in [6.07, 6.45) is 0. The van der Waals surface area contributed by atoms with Crippen molar-refractivity contribution in [3.63, 3.8) is 0 Å². The highest BCUT2D eigenvalue weighted by atomic mass is 32.2. The molecule has 2 aromatic carbocycles. The van der Waals surface area contributed by atoms with E-state index in [0.717, 1.165) is 20.1 Å². The van der Waals surface area contributed by atoms with Gasteiger partial charge >= 0.3 is 0 Å². The van der Waals surface area contributed by atoms with Crippen LogP contribution in [0.5, 0.6) is 5.75 Å². The zero-order chi connectivity index (χ0) is 15.0. The van der Waals surface area contributed by atoms with Gasteiger partial charge in [-0.15, -0.1) is 11.3 Å². The fourth-order valence-corrected chi connectivity index (χ4v) is 3.79. The maximum Gasteiger partial charge on any atom is 0.284 e. The van der Waals surface area contributed by atoms with Gasteiger partial charge in [0.05, 0.1) is 25.0 Å². The second-order valence-corrected chi connectivity index (χ2v) is 6.73. The van der Waals surface area contributed by atoms with Crippen molar-refractivity contribution in [3.8, 4) is 5.75 Å². The van der Waals surface area contributed by atoms with Crippen LogP contribution in [0, 0.1) is 17.0 Å². The number of hydrogen-bond acceptors (Lipinski definition) is 6. The van der Waals surface area contributed by atoms with Gasteiger partial charge in [-0.1, -0.05) is 17.8 Å². The molecule has 0 unspecified atom stereocenters. The Morgan fingerprint density at radius 1 is 1.33 bits per heavy atom. The van der Waals surface area contributed by atoms with Crippen LogP contribution in [0.25, 0.3) is 10.2 Å². The van der Waals surface area contributed by atoms with Crippen LogP contribution in [0.1, 0.15) is 5.01 Å². The molecule has 1 heterocycles. The highest BCUT2D eigenvalue weighted by Gasteiger charge is 2.18. The van der Waals surface area contributed by atoms with Gasteiger partial charge in [0, 0.05) is 11.0 Å². The number of aryl methyl sites for hydroxylation is 1. The second kappa shape index (κ2) is 5.34. The minimum atomic E-state index is -0.389. The maximum atomic E-state index is 11.3. The third kappa shape index (κ3) is 2.84. The normalized spacial score (nSPS) is 10.9. The first-order chi connectivity index (χ1) is 10.0. The molecule has 3 rings (SSSR count). The van der Waals surface area contributed by atoms with Crippen molar-refractivity contribution in [2.24, 2.45) is 0 Å². The first-order valence-electron chi connectivity index (χ1n) is 6.05. The van der Waals surface area contributed by atoms with E-state index in [0.29, 0.717) is 4.90 Å². The van der Waals surface area contributed by atoms with Gasteiger partial charge in [0.25, 0.3) is 5.69 Å². The summed E-state index contributed by atoms with van der Waals surface area (Å²) < 4.78 is 0.805. The van der Waals surface area contributed by atoms with Crippen molar-refractivity contribution in [2.45, 2.75) is 16.7 Å². The molecule has 0 atom stereocenters. The van der Waals surface area contributed by atoms with Crippen LogP contribution in [0.2, 0.25) is 0 Å². The predicted octanol–water partition coefficient (Wildman–Crippen LogP) is 4.37. The molecular formula is C14H10N2O3S2. The second-order valence-electron chi connectivity index (χ2n) is 4.38. The molecule has 0 amide bonds. The minimum absolute atomic E-state index is 0.0551. The molecule has 5 nitrogen and oxygen atoms in total. The number of hydrogen-bond donors (Lipinski definition) is 1. The molecule has 0 saturated heterocycles. The van der Waals surface area contributed by atoms with E-state index in [-0.39, 0.29) is 16.4 Å².